The predicted molar refractivity (Wildman–Crippen MR) is 128 cm³/mol. The summed E-state index contributed by atoms with van der Waals surface area (Å²) in [6.45, 7) is -0.605. The number of hydrogen-bond acceptors (Lipinski definition) is 6. The number of nitrogens with one attached hydrogen (secondary N) is 1. The standard InChI is InChI=1S/C25H22ClF6N5O3/c1-40-23(39)22(15-4-2-3-5-16(15)26)33-14(8-13-9-18(28)19(29)11-17(13)27)10-21(38)36-6-7-37-20(12-36)34-35-24(37)25(30,31)32/h2-5,9,11,14,22,33H,6-8,10,12H2,1H3/t14?,22-/m0/s1. The van der Waals surface area contributed by atoms with Gasteiger partial charge >= 0.3 is 12.1 Å². The Hall–Kier alpha value is -3.65. The van der Waals surface area contributed by atoms with Gasteiger partial charge in [0.2, 0.25) is 11.7 Å². The second-order valence-electron chi connectivity index (χ2n) is 9.01. The van der Waals surface area contributed by atoms with E-state index in [0.29, 0.717) is 12.1 Å². The minimum absolute atomic E-state index is 0.0772. The first-order chi connectivity index (χ1) is 18.9. The Morgan fingerprint density at radius 1 is 1.07 bits per heavy atom. The highest BCUT2D eigenvalue weighted by atomic mass is 35.5. The molecule has 0 saturated heterocycles. The van der Waals surface area contributed by atoms with Crippen molar-refractivity contribution >= 4 is 23.5 Å². The zero-order chi connectivity index (χ0) is 29.2. The number of rotatable bonds is 8. The first kappa shape index (κ1) is 29.3. The molecule has 8 nitrogen and oxygen atoms in total. The van der Waals surface area contributed by atoms with Crippen LogP contribution in [-0.4, -0.2) is 51.2 Å². The highest BCUT2D eigenvalue weighted by Crippen LogP contribution is 2.30. The Kier molecular flexibility index (Phi) is 8.68. The number of methoxy groups -OCH3 is 1. The number of amides is 1. The normalized spacial score (nSPS) is 14.9. The molecule has 214 valence electrons. The fourth-order valence-corrected chi connectivity index (χ4v) is 4.69. The molecule has 2 heterocycles. The highest BCUT2D eigenvalue weighted by Gasteiger charge is 2.40. The Bertz CT molecular complexity index is 1420. The molecule has 0 radical (unpaired) electrons. The number of hydrogen-bond donors (Lipinski definition) is 1. The fraction of sp³-hybridized carbons (Fsp3) is 0.360. The van der Waals surface area contributed by atoms with Gasteiger partial charge in [-0.05, 0) is 29.7 Å². The molecular weight excluding hydrogens is 568 g/mol. The Labute approximate surface area is 228 Å². The SMILES string of the molecule is COC(=O)[C@@H](NC(CC(=O)N1CCn2c(nnc2C(F)(F)F)C1)Cc1cc(F)c(F)cc1F)c1ccccc1Cl. The Balaban J connectivity index is 1.61. The Morgan fingerprint density at radius 2 is 1.77 bits per heavy atom. The third kappa shape index (κ3) is 6.39. The van der Waals surface area contributed by atoms with Gasteiger partial charge < -0.3 is 14.2 Å². The van der Waals surface area contributed by atoms with Gasteiger partial charge in [0.15, 0.2) is 17.5 Å². The van der Waals surface area contributed by atoms with Gasteiger partial charge in [0.05, 0.1) is 13.7 Å². The van der Waals surface area contributed by atoms with Crippen molar-refractivity contribution in [3.63, 3.8) is 0 Å². The minimum atomic E-state index is -4.72. The molecule has 2 atom stereocenters. The topological polar surface area (TPSA) is 89.4 Å². The lowest BCUT2D eigenvalue weighted by molar-refractivity contribution is -0.148. The Morgan fingerprint density at radius 3 is 2.45 bits per heavy atom. The van der Waals surface area contributed by atoms with Crippen LogP contribution in [-0.2, 0) is 40.0 Å². The van der Waals surface area contributed by atoms with Gasteiger partial charge in [-0.25, -0.2) is 18.0 Å². The van der Waals surface area contributed by atoms with E-state index in [2.05, 4.69) is 15.5 Å². The molecular formula is C25H22ClF6N5O3. The summed E-state index contributed by atoms with van der Waals surface area (Å²) in [6, 6.07) is 5.00. The molecule has 2 aromatic carbocycles. The number of halogens is 7. The maximum atomic E-state index is 14.5. The van der Waals surface area contributed by atoms with Crippen LogP contribution in [0.2, 0.25) is 5.02 Å². The van der Waals surface area contributed by atoms with Gasteiger partial charge in [0.1, 0.15) is 11.9 Å². The lowest BCUT2D eigenvalue weighted by Crippen LogP contribution is -2.45. The molecule has 1 amide bonds. The summed E-state index contributed by atoms with van der Waals surface area (Å²) < 4.78 is 87.3. The third-order valence-electron chi connectivity index (χ3n) is 6.39. The molecule has 1 aromatic heterocycles. The van der Waals surface area contributed by atoms with Gasteiger partial charge in [-0.2, -0.15) is 13.2 Å². The third-order valence-corrected chi connectivity index (χ3v) is 6.74. The smallest absolute Gasteiger partial charge is 0.451 e. The van der Waals surface area contributed by atoms with E-state index in [9.17, 15) is 35.9 Å². The molecule has 1 unspecified atom stereocenters. The molecule has 4 rings (SSSR count). The van der Waals surface area contributed by atoms with E-state index in [4.69, 9.17) is 16.3 Å². The van der Waals surface area contributed by atoms with Gasteiger partial charge in [0.25, 0.3) is 0 Å². The minimum Gasteiger partial charge on any atom is -0.468 e. The van der Waals surface area contributed by atoms with Gasteiger partial charge in [-0.1, -0.05) is 29.8 Å². The van der Waals surface area contributed by atoms with Crippen molar-refractivity contribution in [1.82, 2.24) is 25.0 Å². The predicted octanol–water partition coefficient (Wildman–Crippen LogP) is 4.22. The summed E-state index contributed by atoms with van der Waals surface area (Å²) >= 11 is 6.27. The molecule has 0 bridgehead atoms. The first-order valence-corrected chi connectivity index (χ1v) is 12.3. The zero-order valence-corrected chi connectivity index (χ0v) is 21.6. The number of carbonyl (C=O) groups excluding carboxylic acids is 2. The zero-order valence-electron chi connectivity index (χ0n) is 20.8. The molecule has 1 aliphatic heterocycles. The molecule has 40 heavy (non-hydrogen) atoms. The fourth-order valence-electron chi connectivity index (χ4n) is 4.44. The van der Waals surface area contributed by atoms with Crippen LogP contribution in [0.15, 0.2) is 36.4 Å². The van der Waals surface area contributed by atoms with E-state index in [0.717, 1.165) is 11.7 Å². The number of alkyl halides is 3. The number of fused-ring (bicyclic) bond motifs is 1. The lowest BCUT2D eigenvalue weighted by Gasteiger charge is -2.31. The molecule has 15 heteroatoms. The number of carbonyl (C=O) groups is 2. The van der Waals surface area contributed by atoms with Crippen molar-refractivity contribution in [1.29, 1.82) is 0 Å². The van der Waals surface area contributed by atoms with Gasteiger partial charge in [0, 0.05) is 36.6 Å². The van der Waals surface area contributed by atoms with Crippen LogP contribution >= 0.6 is 11.6 Å². The van der Waals surface area contributed by atoms with Crippen LogP contribution in [0, 0.1) is 17.5 Å². The van der Waals surface area contributed by atoms with Crippen molar-refractivity contribution in [3.05, 3.63) is 81.6 Å². The van der Waals surface area contributed by atoms with Crippen LogP contribution < -0.4 is 5.32 Å². The maximum Gasteiger partial charge on any atom is 0.451 e. The monoisotopic (exact) mass is 589 g/mol. The van der Waals surface area contributed by atoms with Crippen molar-refractivity contribution in [2.45, 2.75) is 44.2 Å². The highest BCUT2D eigenvalue weighted by molar-refractivity contribution is 6.31. The van der Waals surface area contributed by atoms with Crippen LogP contribution in [0.4, 0.5) is 26.3 Å². The van der Waals surface area contributed by atoms with Crippen LogP contribution in [0.25, 0.3) is 0 Å². The second kappa shape index (κ2) is 11.8. The average molecular weight is 590 g/mol. The van der Waals surface area contributed by atoms with E-state index in [-0.39, 0.29) is 48.0 Å². The number of nitrogens with zero attached hydrogens (tertiary/aromatic N) is 4. The van der Waals surface area contributed by atoms with Crippen LogP contribution in [0.3, 0.4) is 0 Å². The number of benzene rings is 2. The average Bonchev–Trinajstić information content (AvgIpc) is 3.34. The van der Waals surface area contributed by atoms with Gasteiger partial charge in [-0.3, -0.25) is 10.1 Å². The summed E-state index contributed by atoms with van der Waals surface area (Å²) in [5.41, 5.74) is 0.00478. The molecule has 0 saturated carbocycles. The van der Waals surface area contributed by atoms with E-state index in [1.165, 1.54) is 17.0 Å². The molecule has 0 aliphatic carbocycles. The summed E-state index contributed by atoms with van der Waals surface area (Å²) in [6.07, 6.45) is -5.49. The van der Waals surface area contributed by atoms with Crippen molar-refractivity contribution in [3.8, 4) is 0 Å². The number of ether oxygens (including phenoxy) is 1. The van der Waals surface area contributed by atoms with E-state index in [1.807, 2.05) is 0 Å². The van der Waals surface area contributed by atoms with Crippen LogP contribution in [0.5, 0.6) is 0 Å². The van der Waals surface area contributed by atoms with E-state index < -0.39 is 59.8 Å². The molecule has 0 fully saturated rings. The summed E-state index contributed by atoms with van der Waals surface area (Å²) in [5.74, 6) is -6.41. The summed E-state index contributed by atoms with van der Waals surface area (Å²) in [4.78, 5) is 27.2. The summed E-state index contributed by atoms with van der Waals surface area (Å²) in [7, 11) is 1.13. The quantitative estimate of drug-likeness (QED) is 0.241. The van der Waals surface area contributed by atoms with Crippen LogP contribution in [0.1, 0.15) is 35.2 Å². The second-order valence-corrected chi connectivity index (χ2v) is 9.42. The van der Waals surface area contributed by atoms with E-state index in [1.54, 1.807) is 12.1 Å². The van der Waals surface area contributed by atoms with Crippen molar-refractivity contribution in [2.75, 3.05) is 13.7 Å². The van der Waals surface area contributed by atoms with Crippen molar-refractivity contribution < 1.29 is 40.7 Å². The molecule has 1 N–H and O–H groups in total. The molecule has 3 aromatic rings. The van der Waals surface area contributed by atoms with Crippen molar-refractivity contribution in [2.24, 2.45) is 0 Å². The van der Waals surface area contributed by atoms with E-state index >= 15 is 0 Å². The lowest BCUT2D eigenvalue weighted by atomic mass is 9.98. The number of aromatic nitrogens is 3. The first-order valence-electron chi connectivity index (χ1n) is 11.9. The summed E-state index contributed by atoms with van der Waals surface area (Å²) in [5, 5.41) is 9.82. The molecule has 0 spiro atoms. The number of esters is 1. The van der Waals surface area contributed by atoms with Gasteiger partial charge in [-0.15, -0.1) is 10.2 Å². The largest absolute Gasteiger partial charge is 0.468 e. The maximum absolute atomic E-state index is 14.5. The molecule has 1 aliphatic rings.